The lowest BCUT2D eigenvalue weighted by Gasteiger charge is -2.22. The largest absolute Gasteiger partial charge is 0.372 e. The highest BCUT2D eigenvalue weighted by molar-refractivity contribution is 7.16. The molecular formula is C28H22Cl3FN8S. The molecule has 1 atom stereocenters. The number of anilines is 3. The molecule has 0 amide bonds. The zero-order valence-electron chi connectivity index (χ0n) is 21.3. The molecule has 13 heteroatoms. The SMILES string of the molecule is N#Cc1cnc2c(Cl)cc(N[C@H](c3cn(C4CCNCC4)nn3)c3ccc(Cl)s3)cc2c1Nc1ccc(F)c(Cl)c1. The van der Waals surface area contributed by atoms with Crippen LogP contribution in [0.5, 0.6) is 0 Å². The molecule has 6 rings (SSSR count). The maximum Gasteiger partial charge on any atom is 0.141 e. The van der Waals surface area contributed by atoms with E-state index in [1.165, 1.54) is 29.7 Å². The van der Waals surface area contributed by atoms with Gasteiger partial charge in [0.15, 0.2) is 0 Å². The van der Waals surface area contributed by atoms with E-state index in [-0.39, 0.29) is 22.7 Å². The summed E-state index contributed by atoms with van der Waals surface area (Å²) in [7, 11) is 0. The van der Waals surface area contributed by atoms with E-state index < -0.39 is 5.82 Å². The second kappa shape index (κ2) is 11.8. The molecule has 5 aromatic rings. The number of fused-ring (bicyclic) bond motifs is 1. The van der Waals surface area contributed by atoms with Crippen molar-refractivity contribution in [3.8, 4) is 6.07 Å². The van der Waals surface area contributed by atoms with E-state index >= 15 is 0 Å². The Morgan fingerprint density at radius 1 is 1.07 bits per heavy atom. The van der Waals surface area contributed by atoms with Gasteiger partial charge in [-0.05, 0) is 68.4 Å². The fraction of sp³-hybridized carbons (Fsp3) is 0.214. The molecule has 0 bridgehead atoms. The Morgan fingerprint density at radius 3 is 2.61 bits per heavy atom. The minimum absolute atomic E-state index is 0.0396. The molecule has 1 saturated heterocycles. The first-order chi connectivity index (χ1) is 19.9. The van der Waals surface area contributed by atoms with Gasteiger partial charge in [0.1, 0.15) is 23.6 Å². The molecular weight excluding hydrogens is 606 g/mol. The predicted molar refractivity (Wildman–Crippen MR) is 162 cm³/mol. The summed E-state index contributed by atoms with van der Waals surface area (Å²) in [6.45, 7) is 1.88. The number of nitrogens with one attached hydrogen (secondary N) is 3. The summed E-state index contributed by atoms with van der Waals surface area (Å²) in [6, 6.07) is 13.8. The van der Waals surface area contributed by atoms with Crippen LogP contribution >= 0.6 is 46.1 Å². The van der Waals surface area contributed by atoms with Crippen LogP contribution in [0.3, 0.4) is 0 Å². The van der Waals surface area contributed by atoms with E-state index in [0.717, 1.165) is 36.5 Å². The first-order valence-corrected chi connectivity index (χ1v) is 14.7. The third-order valence-electron chi connectivity index (χ3n) is 6.93. The molecule has 1 aliphatic heterocycles. The number of nitrogens with zero attached hydrogens (tertiary/aromatic N) is 5. The number of benzene rings is 2. The van der Waals surface area contributed by atoms with Crippen molar-refractivity contribution in [3.63, 3.8) is 0 Å². The van der Waals surface area contributed by atoms with Crippen LogP contribution in [0.4, 0.5) is 21.5 Å². The first kappa shape index (κ1) is 27.7. The van der Waals surface area contributed by atoms with Crippen LogP contribution in [0, 0.1) is 17.1 Å². The van der Waals surface area contributed by atoms with Crippen LogP contribution in [-0.2, 0) is 0 Å². The number of hydrogen-bond donors (Lipinski definition) is 3. The minimum atomic E-state index is -0.538. The molecule has 0 spiro atoms. The van der Waals surface area contributed by atoms with Gasteiger partial charge in [0.05, 0.1) is 43.4 Å². The van der Waals surface area contributed by atoms with E-state index in [4.69, 9.17) is 34.8 Å². The quantitative estimate of drug-likeness (QED) is 0.170. The van der Waals surface area contributed by atoms with Crippen molar-refractivity contribution in [3.05, 3.63) is 91.2 Å². The monoisotopic (exact) mass is 626 g/mol. The molecule has 8 nitrogen and oxygen atoms in total. The van der Waals surface area contributed by atoms with Gasteiger partial charge in [0, 0.05) is 27.8 Å². The maximum absolute atomic E-state index is 13.8. The van der Waals surface area contributed by atoms with Crippen molar-refractivity contribution in [2.45, 2.75) is 24.9 Å². The summed E-state index contributed by atoms with van der Waals surface area (Å²) < 4.78 is 16.4. The third kappa shape index (κ3) is 5.82. The molecule has 208 valence electrons. The molecule has 41 heavy (non-hydrogen) atoms. The zero-order chi connectivity index (χ0) is 28.5. The molecule has 3 N–H and O–H groups in total. The second-order valence-electron chi connectivity index (χ2n) is 9.59. The lowest BCUT2D eigenvalue weighted by atomic mass is 10.1. The van der Waals surface area contributed by atoms with Crippen molar-refractivity contribution in [1.82, 2.24) is 25.3 Å². The van der Waals surface area contributed by atoms with Gasteiger partial charge in [-0.25, -0.2) is 9.07 Å². The van der Waals surface area contributed by atoms with Gasteiger partial charge >= 0.3 is 0 Å². The van der Waals surface area contributed by atoms with E-state index in [2.05, 4.69) is 37.3 Å². The Kier molecular flexibility index (Phi) is 7.97. The number of pyridine rings is 1. The summed E-state index contributed by atoms with van der Waals surface area (Å²) in [6.07, 6.45) is 5.39. The highest BCUT2D eigenvalue weighted by atomic mass is 35.5. The second-order valence-corrected chi connectivity index (χ2v) is 12.2. The van der Waals surface area contributed by atoms with Crippen molar-refractivity contribution in [1.29, 1.82) is 5.26 Å². The number of rotatable bonds is 7. The molecule has 1 fully saturated rings. The topological polar surface area (TPSA) is 103 Å². The van der Waals surface area contributed by atoms with Gasteiger partial charge < -0.3 is 16.0 Å². The number of piperidine rings is 1. The van der Waals surface area contributed by atoms with Crippen molar-refractivity contribution in [2.24, 2.45) is 0 Å². The molecule has 4 heterocycles. The Morgan fingerprint density at radius 2 is 1.88 bits per heavy atom. The Balaban J connectivity index is 1.40. The Bertz CT molecular complexity index is 1780. The van der Waals surface area contributed by atoms with Crippen molar-refractivity contribution in [2.75, 3.05) is 23.7 Å². The van der Waals surface area contributed by atoms with Gasteiger partial charge in [-0.15, -0.1) is 16.4 Å². The fourth-order valence-electron chi connectivity index (χ4n) is 4.89. The number of aromatic nitrogens is 4. The van der Waals surface area contributed by atoms with Gasteiger partial charge in [-0.2, -0.15) is 5.26 Å². The normalized spacial score (nSPS) is 14.6. The van der Waals surface area contributed by atoms with Crippen LogP contribution in [-0.4, -0.2) is 33.1 Å². The molecule has 0 radical (unpaired) electrons. The molecule has 0 unspecified atom stereocenters. The minimum Gasteiger partial charge on any atom is -0.372 e. The molecule has 2 aromatic carbocycles. The summed E-state index contributed by atoms with van der Waals surface area (Å²) in [4.78, 5) is 5.38. The Hall–Kier alpha value is -3.46. The lowest BCUT2D eigenvalue weighted by molar-refractivity contribution is 0.337. The standard InChI is InChI=1S/C28H22Cl3FN8S/c29-20-10-16(1-2-22(20)32)36-26-15(12-33)13-35-27-19(26)9-17(11-21(27)30)37-28(24-3-4-25(31)41-24)23-14-40(39-38-23)18-5-7-34-8-6-18/h1-4,9-11,13-14,18,28,34,37H,5-8H2,(H,35,36)/t28-/m1/s1. The first-order valence-electron chi connectivity index (χ1n) is 12.8. The van der Waals surface area contributed by atoms with E-state index in [1.54, 1.807) is 12.1 Å². The van der Waals surface area contributed by atoms with E-state index in [9.17, 15) is 9.65 Å². The third-order valence-corrected chi connectivity index (χ3v) is 8.80. The summed E-state index contributed by atoms with van der Waals surface area (Å²) >= 11 is 20.5. The molecule has 3 aromatic heterocycles. The Labute approximate surface area is 254 Å². The molecule has 0 saturated carbocycles. The van der Waals surface area contributed by atoms with Crippen molar-refractivity contribution >= 4 is 74.1 Å². The van der Waals surface area contributed by atoms with Crippen molar-refractivity contribution < 1.29 is 4.39 Å². The maximum atomic E-state index is 13.8. The zero-order valence-corrected chi connectivity index (χ0v) is 24.4. The highest BCUT2D eigenvalue weighted by Gasteiger charge is 2.24. The number of hydrogen-bond acceptors (Lipinski definition) is 8. The van der Waals surface area contributed by atoms with Gasteiger partial charge in [0.25, 0.3) is 0 Å². The summed E-state index contributed by atoms with van der Waals surface area (Å²) in [5, 5.41) is 29.9. The smallest absolute Gasteiger partial charge is 0.141 e. The van der Waals surface area contributed by atoms with E-state index in [1.807, 2.05) is 29.1 Å². The summed E-state index contributed by atoms with van der Waals surface area (Å²) in [5.41, 5.74) is 3.18. The van der Waals surface area contributed by atoms with Gasteiger partial charge in [-0.3, -0.25) is 4.98 Å². The van der Waals surface area contributed by atoms with Crippen LogP contribution < -0.4 is 16.0 Å². The molecule has 1 aliphatic rings. The number of thiophene rings is 1. The van der Waals surface area contributed by atoms with Crippen LogP contribution in [0.1, 0.15) is 41.1 Å². The van der Waals surface area contributed by atoms with Crippen LogP contribution in [0.2, 0.25) is 14.4 Å². The van der Waals surface area contributed by atoms with Crippen LogP contribution in [0.15, 0.2) is 54.9 Å². The average Bonchev–Trinajstić information content (AvgIpc) is 3.64. The lowest BCUT2D eigenvalue weighted by Crippen LogP contribution is -2.29. The van der Waals surface area contributed by atoms with E-state index in [0.29, 0.717) is 37.3 Å². The highest BCUT2D eigenvalue weighted by Crippen LogP contribution is 2.38. The number of halogens is 4. The average molecular weight is 628 g/mol. The fourth-order valence-corrected chi connectivity index (χ4v) is 6.47. The van der Waals surface area contributed by atoms with Crippen LogP contribution in [0.25, 0.3) is 10.9 Å². The predicted octanol–water partition coefficient (Wildman–Crippen LogP) is 7.73. The van der Waals surface area contributed by atoms with Gasteiger partial charge in [-0.1, -0.05) is 40.0 Å². The molecule has 0 aliphatic carbocycles. The summed E-state index contributed by atoms with van der Waals surface area (Å²) in [5.74, 6) is -0.538. The number of nitriles is 1. The van der Waals surface area contributed by atoms with Gasteiger partial charge in [0.2, 0.25) is 0 Å².